The Bertz CT molecular complexity index is 442. The highest BCUT2D eigenvalue weighted by atomic mass is 16.5. The molecule has 0 aliphatic heterocycles. The molecule has 116 valence electrons. The molecule has 5 heteroatoms. The average molecular weight is 293 g/mol. The van der Waals surface area contributed by atoms with E-state index in [1.807, 2.05) is 31.2 Å². The first-order valence-corrected chi connectivity index (χ1v) is 7.23. The third-order valence-electron chi connectivity index (χ3n) is 2.80. The van der Waals surface area contributed by atoms with Crippen molar-refractivity contribution in [1.29, 1.82) is 0 Å². The fraction of sp³-hybridized carbons (Fsp3) is 0.500. The van der Waals surface area contributed by atoms with Gasteiger partial charge in [0, 0.05) is 13.0 Å². The molecule has 21 heavy (non-hydrogen) atoms. The maximum absolute atomic E-state index is 11.6. The van der Waals surface area contributed by atoms with Gasteiger partial charge in [-0.15, -0.1) is 0 Å². The van der Waals surface area contributed by atoms with E-state index in [-0.39, 0.29) is 11.9 Å². The number of hydrogen-bond acceptors (Lipinski definition) is 4. The van der Waals surface area contributed by atoms with Crippen molar-refractivity contribution in [3.8, 4) is 5.75 Å². The SMILES string of the molecule is CCOC(=O)CCCNC(=O)CCOc1ccc(C)cc1. The average Bonchev–Trinajstić information content (AvgIpc) is 2.46. The maximum Gasteiger partial charge on any atom is 0.305 e. The first-order chi connectivity index (χ1) is 10.1. The molecule has 1 amide bonds. The summed E-state index contributed by atoms with van der Waals surface area (Å²) in [7, 11) is 0. The molecular formula is C16H23NO4. The molecule has 1 aromatic carbocycles. The Balaban J connectivity index is 2.06. The van der Waals surface area contributed by atoms with Gasteiger partial charge in [0.25, 0.3) is 0 Å². The van der Waals surface area contributed by atoms with Gasteiger partial charge in [-0.25, -0.2) is 0 Å². The molecule has 0 bridgehead atoms. The van der Waals surface area contributed by atoms with E-state index in [1.54, 1.807) is 6.92 Å². The second-order valence-corrected chi connectivity index (χ2v) is 4.67. The van der Waals surface area contributed by atoms with Gasteiger partial charge in [-0.2, -0.15) is 0 Å². The van der Waals surface area contributed by atoms with E-state index in [0.29, 0.717) is 39.0 Å². The van der Waals surface area contributed by atoms with Crippen LogP contribution in [0.15, 0.2) is 24.3 Å². The summed E-state index contributed by atoms with van der Waals surface area (Å²) in [6.07, 6.45) is 1.21. The van der Waals surface area contributed by atoms with Crippen molar-refractivity contribution in [2.75, 3.05) is 19.8 Å². The van der Waals surface area contributed by atoms with Crippen molar-refractivity contribution < 1.29 is 19.1 Å². The van der Waals surface area contributed by atoms with Crippen LogP contribution in [-0.2, 0) is 14.3 Å². The summed E-state index contributed by atoms with van der Waals surface area (Å²) in [4.78, 5) is 22.6. The largest absolute Gasteiger partial charge is 0.493 e. The maximum atomic E-state index is 11.6. The van der Waals surface area contributed by atoms with E-state index in [2.05, 4.69) is 5.32 Å². The lowest BCUT2D eigenvalue weighted by molar-refractivity contribution is -0.143. The molecule has 0 radical (unpaired) electrons. The van der Waals surface area contributed by atoms with E-state index >= 15 is 0 Å². The highest BCUT2D eigenvalue weighted by molar-refractivity contribution is 5.76. The number of aryl methyl sites for hydroxylation is 1. The molecule has 0 spiro atoms. The predicted octanol–water partition coefficient (Wildman–Crippen LogP) is 2.22. The lowest BCUT2D eigenvalue weighted by Crippen LogP contribution is -2.26. The molecule has 0 fully saturated rings. The number of amides is 1. The van der Waals surface area contributed by atoms with Crippen LogP contribution in [0, 0.1) is 6.92 Å². The second-order valence-electron chi connectivity index (χ2n) is 4.67. The van der Waals surface area contributed by atoms with Crippen LogP contribution in [0.1, 0.15) is 31.7 Å². The number of carbonyl (C=O) groups excluding carboxylic acids is 2. The van der Waals surface area contributed by atoms with Crippen LogP contribution in [0.4, 0.5) is 0 Å². The molecule has 5 nitrogen and oxygen atoms in total. The minimum atomic E-state index is -0.227. The molecule has 0 unspecified atom stereocenters. The van der Waals surface area contributed by atoms with Crippen LogP contribution in [0.2, 0.25) is 0 Å². The molecule has 0 aliphatic carbocycles. The van der Waals surface area contributed by atoms with Gasteiger partial charge in [-0.05, 0) is 32.4 Å². The summed E-state index contributed by atoms with van der Waals surface area (Å²) >= 11 is 0. The van der Waals surface area contributed by atoms with Crippen molar-refractivity contribution in [2.45, 2.75) is 33.1 Å². The predicted molar refractivity (Wildman–Crippen MR) is 80.2 cm³/mol. The van der Waals surface area contributed by atoms with E-state index in [9.17, 15) is 9.59 Å². The number of carbonyl (C=O) groups is 2. The van der Waals surface area contributed by atoms with Crippen LogP contribution >= 0.6 is 0 Å². The molecule has 0 saturated heterocycles. The monoisotopic (exact) mass is 293 g/mol. The number of ether oxygens (including phenoxy) is 2. The Morgan fingerprint density at radius 2 is 1.86 bits per heavy atom. The van der Waals surface area contributed by atoms with E-state index < -0.39 is 0 Å². The van der Waals surface area contributed by atoms with E-state index in [0.717, 1.165) is 5.75 Å². The summed E-state index contributed by atoms with van der Waals surface area (Å²) in [5.74, 6) is 0.455. The molecule has 0 saturated carbocycles. The topological polar surface area (TPSA) is 64.6 Å². The Kier molecular flexibility index (Phi) is 7.94. The third-order valence-corrected chi connectivity index (χ3v) is 2.80. The first kappa shape index (κ1) is 17.0. The third kappa shape index (κ3) is 7.97. The molecule has 1 N–H and O–H groups in total. The Labute approximate surface area is 125 Å². The van der Waals surface area contributed by atoms with Crippen molar-refractivity contribution in [3.63, 3.8) is 0 Å². The zero-order valence-corrected chi connectivity index (χ0v) is 12.7. The molecule has 1 rings (SSSR count). The summed E-state index contributed by atoms with van der Waals surface area (Å²) < 4.78 is 10.3. The molecule has 1 aromatic rings. The minimum absolute atomic E-state index is 0.0778. The quantitative estimate of drug-likeness (QED) is 0.560. The van der Waals surface area contributed by atoms with Crippen molar-refractivity contribution in [1.82, 2.24) is 5.32 Å². The second kappa shape index (κ2) is 9.80. The smallest absolute Gasteiger partial charge is 0.305 e. The van der Waals surface area contributed by atoms with Gasteiger partial charge in [0.15, 0.2) is 0 Å². The van der Waals surface area contributed by atoms with Gasteiger partial charge < -0.3 is 14.8 Å². The zero-order chi connectivity index (χ0) is 15.5. The molecule has 0 aliphatic rings. The van der Waals surface area contributed by atoms with Gasteiger partial charge in [0.1, 0.15) is 5.75 Å². The lowest BCUT2D eigenvalue weighted by Gasteiger charge is -2.07. The van der Waals surface area contributed by atoms with Crippen molar-refractivity contribution in [3.05, 3.63) is 29.8 Å². The van der Waals surface area contributed by atoms with E-state index in [1.165, 1.54) is 5.56 Å². The molecule has 0 heterocycles. The Hall–Kier alpha value is -2.04. The van der Waals surface area contributed by atoms with Crippen LogP contribution < -0.4 is 10.1 Å². The van der Waals surface area contributed by atoms with Gasteiger partial charge in [0.2, 0.25) is 5.91 Å². The minimum Gasteiger partial charge on any atom is -0.493 e. The lowest BCUT2D eigenvalue weighted by atomic mass is 10.2. The highest BCUT2D eigenvalue weighted by Crippen LogP contribution is 2.11. The number of esters is 1. The van der Waals surface area contributed by atoms with Gasteiger partial charge in [0.05, 0.1) is 19.6 Å². The number of rotatable bonds is 9. The summed E-state index contributed by atoms with van der Waals surface area (Å²) in [5, 5.41) is 2.75. The van der Waals surface area contributed by atoms with Crippen LogP contribution in [0.3, 0.4) is 0 Å². The van der Waals surface area contributed by atoms with E-state index in [4.69, 9.17) is 9.47 Å². The van der Waals surface area contributed by atoms with Gasteiger partial charge in [-0.1, -0.05) is 17.7 Å². The summed E-state index contributed by atoms with van der Waals surface area (Å²) in [6, 6.07) is 7.69. The van der Waals surface area contributed by atoms with Gasteiger partial charge in [-0.3, -0.25) is 9.59 Å². The highest BCUT2D eigenvalue weighted by Gasteiger charge is 2.04. The standard InChI is InChI=1S/C16H23NO4/c1-3-20-16(19)5-4-11-17-15(18)10-12-21-14-8-6-13(2)7-9-14/h6-9H,3-5,10-12H2,1-2H3,(H,17,18). The first-order valence-electron chi connectivity index (χ1n) is 7.23. The van der Waals surface area contributed by atoms with Gasteiger partial charge >= 0.3 is 5.97 Å². The summed E-state index contributed by atoms with van der Waals surface area (Å²) in [6.45, 7) is 4.98. The van der Waals surface area contributed by atoms with Crippen LogP contribution in [0.25, 0.3) is 0 Å². The van der Waals surface area contributed by atoms with Crippen molar-refractivity contribution in [2.24, 2.45) is 0 Å². The fourth-order valence-electron chi connectivity index (χ4n) is 1.68. The Morgan fingerprint density at radius 1 is 1.14 bits per heavy atom. The fourth-order valence-corrected chi connectivity index (χ4v) is 1.68. The summed E-state index contributed by atoms with van der Waals surface area (Å²) in [5.41, 5.74) is 1.17. The number of hydrogen-bond donors (Lipinski definition) is 1. The number of benzene rings is 1. The zero-order valence-electron chi connectivity index (χ0n) is 12.7. The molecular weight excluding hydrogens is 270 g/mol. The molecule has 0 atom stereocenters. The van der Waals surface area contributed by atoms with Crippen LogP contribution in [-0.4, -0.2) is 31.6 Å². The van der Waals surface area contributed by atoms with Crippen LogP contribution in [0.5, 0.6) is 5.75 Å². The molecule has 0 aromatic heterocycles. The Morgan fingerprint density at radius 3 is 2.52 bits per heavy atom. The normalized spacial score (nSPS) is 10.0. The van der Waals surface area contributed by atoms with Crippen molar-refractivity contribution >= 4 is 11.9 Å². The number of nitrogens with one attached hydrogen (secondary N) is 1.